The summed E-state index contributed by atoms with van der Waals surface area (Å²) >= 11 is 0. The molecule has 6 nitrogen and oxygen atoms in total. The van der Waals surface area contributed by atoms with Crippen LogP contribution in [-0.4, -0.2) is 46.3 Å². The van der Waals surface area contributed by atoms with E-state index in [1.165, 1.54) is 17.0 Å². The molecule has 1 unspecified atom stereocenters. The molecule has 1 atom stereocenters. The highest BCUT2D eigenvalue weighted by Crippen LogP contribution is 2.37. The minimum Gasteiger partial charge on any atom is -0.338 e. The number of nitrogens with one attached hydrogen (secondary N) is 1. The van der Waals surface area contributed by atoms with Gasteiger partial charge in [-0.1, -0.05) is 12.1 Å². The summed E-state index contributed by atoms with van der Waals surface area (Å²) in [5, 5.41) is 2.81. The van der Waals surface area contributed by atoms with Crippen molar-refractivity contribution >= 4 is 17.8 Å². The first-order chi connectivity index (χ1) is 12.0. The molecule has 3 fully saturated rings. The number of carbonyl (C=O) groups is 3. The molecule has 132 valence electrons. The van der Waals surface area contributed by atoms with Crippen LogP contribution in [0.2, 0.25) is 0 Å². The Kier molecular flexibility index (Phi) is 3.74. The lowest BCUT2D eigenvalue weighted by molar-refractivity contribution is -0.134. The predicted octanol–water partition coefficient (Wildman–Crippen LogP) is 1.65. The van der Waals surface area contributed by atoms with E-state index in [4.69, 9.17) is 0 Å². The van der Waals surface area contributed by atoms with Crippen molar-refractivity contribution in [3.05, 3.63) is 35.6 Å². The first-order valence-corrected chi connectivity index (χ1v) is 8.63. The minimum absolute atomic E-state index is 0.000244. The molecule has 2 heterocycles. The number of benzene rings is 1. The highest BCUT2D eigenvalue weighted by molar-refractivity contribution is 6.07. The number of likely N-dealkylation sites (tertiary alicyclic amines) is 1. The van der Waals surface area contributed by atoms with E-state index < -0.39 is 5.54 Å². The maximum absolute atomic E-state index is 13.0. The van der Waals surface area contributed by atoms with Gasteiger partial charge in [0.25, 0.3) is 5.91 Å². The third-order valence-electron chi connectivity index (χ3n) is 5.48. The Hall–Kier alpha value is -2.44. The average Bonchev–Trinajstić information content (AvgIpc) is 3.01. The molecule has 4 amide bonds. The number of halogens is 1. The van der Waals surface area contributed by atoms with Crippen LogP contribution in [0.25, 0.3) is 0 Å². The van der Waals surface area contributed by atoms with E-state index in [0.29, 0.717) is 32.4 Å². The number of nitrogens with zero attached hydrogens (tertiary/aromatic N) is 2. The molecule has 2 saturated heterocycles. The van der Waals surface area contributed by atoms with Gasteiger partial charge in [0.1, 0.15) is 11.4 Å². The van der Waals surface area contributed by atoms with Crippen molar-refractivity contribution in [2.45, 2.75) is 37.8 Å². The Labute approximate surface area is 145 Å². The molecule has 2 aliphatic heterocycles. The van der Waals surface area contributed by atoms with E-state index in [1.807, 2.05) is 0 Å². The van der Waals surface area contributed by atoms with Gasteiger partial charge in [0.15, 0.2) is 0 Å². The predicted molar refractivity (Wildman–Crippen MR) is 86.8 cm³/mol. The third kappa shape index (κ3) is 2.77. The van der Waals surface area contributed by atoms with Crippen molar-refractivity contribution in [1.82, 2.24) is 15.1 Å². The largest absolute Gasteiger partial charge is 0.338 e. The maximum atomic E-state index is 13.0. The molecular weight excluding hydrogens is 325 g/mol. The monoisotopic (exact) mass is 345 g/mol. The van der Waals surface area contributed by atoms with E-state index in [9.17, 15) is 18.8 Å². The van der Waals surface area contributed by atoms with Crippen LogP contribution in [-0.2, 0) is 16.1 Å². The summed E-state index contributed by atoms with van der Waals surface area (Å²) in [7, 11) is 0. The van der Waals surface area contributed by atoms with Gasteiger partial charge in [-0.05, 0) is 37.0 Å². The summed E-state index contributed by atoms with van der Waals surface area (Å²) < 4.78 is 13.0. The summed E-state index contributed by atoms with van der Waals surface area (Å²) in [5.74, 6) is -0.511. The normalized spacial score (nSPS) is 24.8. The van der Waals surface area contributed by atoms with Crippen LogP contribution in [0, 0.1) is 11.7 Å². The van der Waals surface area contributed by atoms with Crippen LogP contribution in [0.15, 0.2) is 24.3 Å². The van der Waals surface area contributed by atoms with Gasteiger partial charge in [-0.2, -0.15) is 0 Å². The van der Waals surface area contributed by atoms with Gasteiger partial charge in [0, 0.05) is 32.0 Å². The Bertz CT molecular complexity index is 730. The number of amides is 4. The number of hydrogen-bond donors (Lipinski definition) is 1. The molecule has 1 N–H and O–H groups in total. The average molecular weight is 345 g/mol. The molecule has 4 rings (SSSR count). The van der Waals surface area contributed by atoms with Gasteiger partial charge in [0.05, 0.1) is 0 Å². The Morgan fingerprint density at radius 3 is 2.48 bits per heavy atom. The molecule has 1 aromatic rings. The van der Waals surface area contributed by atoms with E-state index in [-0.39, 0.29) is 36.1 Å². The lowest BCUT2D eigenvalue weighted by Gasteiger charge is -2.35. The van der Waals surface area contributed by atoms with Crippen molar-refractivity contribution in [2.24, 2.45) is 5.92 Å². The highest BCUT2D eigenvalue weighted by atomic mass is 19.1. The molecule has 3 aliphatic rings. The van der Waals surface area contributed by atoms with Gasteiger partial charge in [0.2, 0.25) is 5.91 Å². The summed E-state index contributed by atoms with van der Waals surface area (Å²) in [4.78, 5) is 39.8. The second-order valence-electron chi connectivity index (χ2n) is 7.25. The summed E-state index contributed by atoms with van der Waals surface area (Å²) in [6.07, 6.45) is 2.68. The number of imide groups is 1. The zero-order chi connectivity index (χ0) is 17.6. The highest BCUT2D eigenvalue weighted by Gasteiger charge is 2.55. The van der Waals surface area contributed by atoms with Crippen LogP contribution in [0.4, 0.5) is 9.18 Å². The number of rotatable bonds is 4. The zero-order valence-corrected chi connectivity index (χ0v) is 13.8. The molecule has 0 aromatic heterocycles. The Morgan fingerprint density at radius 1 is 1.16 bits per heavy atom. The van der Waals surface area contributed by atoms with Crippen molar-refractivity contribution < 1.29 is 18.8 Å². The SMILES string of the molecule is O=C1CC(CN2C(=O)NC3(CCC3)C2=O)CN1Cc1ccc(F)cc1. The summed E-state index contributed by atoms with van der Waals surface area (Å²) in [6, 6.07) is 5.73. The zero-order valence-electron chi connectivity index (χ0n) is 13.8. The molecule has 7 heteroatoms. The van der Waals surface area contributed by atoms with Crippen LogP contribution >= 0.6 is 0 Å². The molecule has 0 bridgehead atoms. The third-order valence-corrected chi connectivity index (χ3v) is 5.48. The fourth-order valence-corrected chi connectivity index (χ4v) is 3.91. The first-order valence-electron chi connectivity index (χ1n) is 8.63. The maximum Gasteiger partial charge on any atom is 0.325 e. The van der Waals surface area contributed by atoms with Crippen molar-refractivity contribution in [2.75, 3.05) is 13.1 Å². The number of carbonyl (C=O) groups excluding carboxylic acids is 3. The van der Waals surface area contributed by atoms with Crippen molar-refractivity contribution in [3.63, 3.8) is 0 Å². The quantitative estimate of drug-likeness (QED) is 0.844. The fourth-order valence-electron chi connectivity index (χ4n) is 3.91. The fraction of sp³-hybridized carbons (Fsp3) is 0.500. The molecule has 1 aliphatic carbocycles. The van der Waals surface area contributed by atoms with Gasteiger partial charge in [-0.15, -0.1) is 0 Å². The standard InChI is InChI=1S/C18H20FN3O3/c19-14-4-2-12(3-5-14)9-21-10-13(8-15(21)23)11-22-16(24)18(6-1-7-18)20-17(22)25/h2-5,13H,1,6-11H2,(H,20,25). The molecule has 1 saturated carbocycles. The lowest BCUT2D eigenvalue weighted by Crippen LogP contribution is -2.52. The molecule has 1 aromatic carbocycles. The van der Waals surface area contributed by atoms with E-state index >= 15 is 0 Å². The first kappa shape index (κ1) is 16.1. The number of urea groups is 1. The summed E-state index contributed by atoms with van der Waals surface area (Å²) in [6.45, 7) is 1.19. The van der Waals surface area contributed by atoms with Crippen LogP contribution in [0.3, 0.4) is 0 Å². The van der Waals surface area contributed by atoms with Gasteiger partial charge in [-0.25, -0.2) is 9.18 Å². The topological polar surface area (TPSA) is 69.7 Å². The van der Waals surface area contributed by atoms with E-state index in [0.717, 1.165) is 12.0 Å². The second kappa shape index (κ2) is 5.82. The summed E-state index contributed by atoms with van der Waals surface area (Å²) in [5.41, 5.74) is 0.187. The van der Waals surface area contributed by atoms with Crippen molar-refractivity contribution in [3.8, 4) is 0 Å². The van der Waals surface area contributed by atoms with Crippen LogP contribution in [0.1, 0.15) is 31.2 Å². The van der Waals surface area contributed by atoms with E-state index in [2.05, 4.69) is 5.32 Å². The number of hydrogen-bond acceptors (Lipinski definition) is 3. The van der Waals surface area contributed by atoms with Gasteiger partial charge >= 0.3 is 6.03 Å². The molecular formula is C18H20FN3O3. The molecule has 0 radical (unpaired) electrons. The Balaban J connectivity index is 1.38. The second-order valence-corrected chi connectivity index (χ2v) is 7.25. The van der Waals surface area contributed by atoms with E-state index in [1.54, 1.807) is 17.0 Å². The van der Waals surface area contributed by atoms with Crippen LogP contribution < -0.4 is 5.32 Å². The van der Waals surface area contributed by atoms with Gasteiger partial charge < -0.3 is 10.2 Å². The molecule has 25 heavy (non-hydrogen) atoms. The smallest absolute Gasteiger partial charge is 0.325 e. The van der Waals surface area contributed by atoms with Crippen LogP contribution in [0.5, 0.6) is 0 Å². The van der Waals surface area contributed by atoms with Gasteiger partial charge in [-0.3, -0.25) is 14.5 Å². The van der Waals surface area contributed by atoms with Crippen molar-refractivity contribution in [1.29, 1.82) is 0 Å². The lowest BCUT2D eigenvalue weighted by atomic mass is 9.77. The Morgan fingerprint density at radius 2 is 1.88 bits per heavy atom. The molecule has 1 spiro atoms. The minimum atomic E-state index is -0.673.